The number of esters is 1. The van der Waals surface area contributed by atoms with Crippen LogP contribution in [0.2, 0.25) is 0 Å². The third-order valence-electron chi connectivity index (χ3n) is 5.67. The van der Waals surface area contributed by atoms with Crippen LogP contribution in [0, 0.1) is 5.82 Å². The molecule has 176 valence electrons. The molecule has 0 aliphatic rings. The van der Waals surface area contributed by atoms with E-state index in [0.29, 0.717) is 34.6 Å². The summed E-state index contributed by atoms with van der Waals surface area (Å²) in [5.41, 5.74) is 9.51. The van der Waals surface area contributed by atoms with Crippen LogP contribution in [0.5, 0.6) is 5.75 Å². The second-order valence-corrected chi connectivity index (χ2v) is 7.99. The minimum Gasteiger partial charge on any atom is -0.489 e. The third-order valence-corrected chi connectivity index (χ3v) is 5.67. The number of rotatable bonds is 9. The van der Waals surface area contributed by atoms with Crippen LogP contribution in [-0.4, -0.2) is 12.6 Å². The van der Waals surface area contributed by atoms with Crippen molar-refractivity contribution in [3.8, 4) is 16.9 Å². The maximum absolute atomic E-state index is 15.2. The summed E-state index contributed by atoms with van der Waals surface area (Å²) >= 11 is 0. The molecule has 5 nitrogen and oxygen atoms in total. The number of hydrogen-bond donors (Lipinski definition) is 1. The fourth-order valence-electron chi connectivity index (χ4n) is 3.99. The smallest absolute Gasteiger partial charge is 0.310 e. The van der Waals surface area contributed by atoms with E-state index in [0.717, 1.165) is 28.7 Å². The Morgan fingerprint density at radius 2 is 1.79 bits per heavy atom. The number of furan rings is 1. The predicted molar refractivity (Wildman–Crippen MR) is 130 cm³/mol. The number of ether oxygens (including phenoxy) is 2. The van der Waals surface area contributed by atoms with Crippen molar-refractivity contribution in [2.45, 2.75) is 39.8 Å². The van der Waals surface area contributed by atoms with Crippen LogP contribution in [-0.2, 0) is 35.5 Å². The summed E-state index contributed by atoms with van der Waals surface area (Å²) in [6.07, 6.45) is 0.861. The highest BCUT2D eigenvalue weighted by Gasteiger charge is 2.17. The molecule has 0 saturated heterocycles. The minimum absolute atomic E-state index is 0.112. The van der Waals surface area contributed by atoms with Gasteiger partial charge in [-0.2, -0.15) is 0 Å². The highest BCUT2D eigenvalue weighted by atomic mass is 19.1. The van der Waals surface area contributed by atoms with Gasteiger partial charge in [-0.25, -0.2) is 4.39 Å². The molecule has 3 aromatic carbocycles. The molecule has 0 radical (unpaired) electrons. The Morgan fingerprint density at radius 3 is 2.56 bits per heavy atom. The fourth-order valence-corrected chi connectivity index (χ4v) is 3.99. The van der Waals surface area contributed by atoms with E-state index in [1.54, 1.807) is 25.1 Å². The molecule has 34 heavy (non-hydrogen) atoms. The molecule has 6 heteroatoms. The van der Waals surface area contributed by atoms with E-state index in [2.05, 4.69) is 0 Å². The molecule has 0 amide bonds. The number of benzene rings is 3. The number of nitrogens with two attached hydrogens (primary N) is 1. The largest absolute Gasteiger partial charge is 0.489 e. The lowest BCUT2D eigenvalue weighted by Crippen LogP contribution is -2.09. The Morgan fingerprint density at radius 1 is 1.00 bits per heavy atom. The van der Waals surface area contributed by atoms with Gasteiger partial charge in [-0.05, 0) is 36.8 Å². The van der Waals surface area contributed by atoms with Gasteiger partial charge >= 0.3 is 5.97 Å². The van der Waals surface area contributed by atoms with Gasteiger partial charge in [-0.15, -0.1) is 0 Å². The van der Waals surface area contributed by atoms with Crippen molar-refractivity contribution in [2.75, 3.05) is 6.61 Å². The lowest BCUT2D eigenvalue weighted by Gasteiger charge is -2.13. The first kappa shape index (κ1) is 23.5. The van der Waals surface area contributed by atoms with Gasteiger partial charge in [0.2, 0.25) is 0 Å². The maximum Gasteiger partial charge on any atom is 0.310 e. The van der Waals surface area contributed by atoms with Crippen LogP contribution >= 0.6 is 0 Å². The number of carbonyl (C=O) groups is 1. The number of hydrogen-bond acceptors (Lipinski definition) is 5. The molecule has 4 rings (SSSR count). The second-order valence-electron chi connectivity index (χ2n) is 7.99. The number of fused-ring (bicyclic) bond motifs is 1. The normalized spacial score (nSPS) is 11.1. The van der Waals surface area contributed by atoms with Crippen LogP contribution in [0.15, 0.2) is 65.1 Å². The van der Waals surface area contributed by atoms with Gasteiger partial charge in [-0.3, -0.25) is 4.79 Å². The van der Waals surface area contributed by atoms with Crippen molar-refractivity contribution in [3.63, 3.8) is 0 Å². The topological polar surface area (TPSA) is 74.7 Å². The number of aryl methyl sites for hydroxylation is 1. The first-order valence-electron chi connectivity index (χ1n) is 11.4. The Balaban J connectivity index is 1.70. The third kappa shape index (κ3) is 4.97. The minimum atomic E-state index is -0.349. The highest BCUT2D eigenvalue weighted by Crippen LogP contribution is 2.35. The second kappa shape index (κ2) is 10.5. The molecule has 0 aliphatic carbocycles. The quantitative estimate of drug-likeness (QED) is 0.312. The van der Waals surface area contributed by atoms with Crippen molar-refractivity contribution in [1.29, 1.82) is 0 Å². The van der Waals surface area contributed by atoms with Crippen molar-refractivity contribution >= 4 is 16.9 Å². The monoisotopic (exact) mass is 461 g/mol. The van der Waals surface area contributed by atoms with Gasteiger partial charge in [-0.1, -0.05) is 43.3 Å². The van der Waals surface area contributed by atoms with Crippen molar-refractivity contribution in [3.05, 3.63) is 88.9 Å². The Kier molecular flexibility index (Phi) is 7.28. The molecule has 0 unspecified atom stereocenters. The van der Waals surface area contributed by atoms with Gasteiger partial charge < -0.3 is 19.6 Å². The number of halogens is 1. The number of para-hydroxylation sites is 1. The molecular weight excluding hydrogens is 433 g/mol. The molecule has 0 bridgehead atoms. The lowest BCUT2D eigenvalue weighted by atomic mass is 9.98. The molecule has 1 heterocycles. The van der Waals surface area contributed by atoms with E-state index in [4.69, 9.17) is 19.6 Å². The summed E-state index contributed by atoms with van der Waals surface area (Å²) in [5.74, 6) is 0.779. The molecule has 0 aliphatic heterocycles. The number of carbonyl (C=O) groups excluding carboxylic acids is 1. The van der Waals surface area contributed by atoms with Gasteiger partial charge in [0, 0.05) is 40.6 Å². The average molecular weight is 462 g/mol. The molecule has 2 N–H and O–H groups in total. The van der Waals surface area contributed by atoms with Crippen molar-refractivity contribution in [1.82, 2.24) is 0 Å². The van der Waals surface area contributed by atoms with Crippen molar-refractivity contribution in [2.24, 2.45) is 5.73 Å². The van der Waals surface area contributed by atoms with Gasteiger partial charge in [0.1, 0.15) is 29.5 Å². The fraction of sp³-hybridized carbons (Fsp3) is 0.250. The van der Waals surface area contributed by atoms with Gasteiger partial charge in [0.05, 0.1) is 13.0 Å². The van der Waals surface area contributed by atoms with Gasteiger partial charge in [0.15, 0.2) is 0 Å². The van der Waals surface area contributed by atoms with Crippen LogP contribution in [0.4, 0.5) is 4.39 Å². The van der Waals surface area contributed by atoms with E-state index < -0.39 is 0 Å². The maximum atomic E-state index is 15.2. The molecule has 0 saturated carbocycles. The molecule has 0 atom stereocenters. The Bertz CT molecular complexity index is 1310. The van der Waals surface area contributed by atoms with E-state index in [1.807, 2.05) is 49.4 Å². The van der Waals surface area contributed by atoms with E-state index in [-0.39, 0.29) is 31.4 Å². The Hall–Kier alpha value is -3.64. The summed E-state index contributed by atoms with van der Waals surface area (Å²) in [4.78, 5) is 12.0. The predicted octanol–water partition coefficient (Wildman–Crippen LogP) is 5.94. The lowest BCUT2D eigenvalue weighted by molar-refractivity contribution is -0.142. The zero-order chi connectivity index (χ0) is 24.1. The zero-order valence-corrected chi connectivity index (χ0v) is 19.4. The summed E-state index contributed by atoms with van der Waals surface area (Å²) in [6, 6.07) is 18.4. The molecule has 4 aromatic rings. The standard InChI is InChI=1S/C28H28FNO4/c1-3-22-14-21-12-18(17-33-25-11-6-5-8-19(25)15-26(31)32-4-2)13-24(28(21)34-22)23-10-7-9-20(16-30)27(23)29/h5-14H,3-4,15-17,30H2,1-2H3. The molecule has 0 spiro atoms. The summed E-state index contributed by atoms with van der Waals surface area (Å²) in [5, 5.41) is 0.880. The molecular formula is C28H28FNO4. The molecule has 0 fully saturated rings. The van der Waals surface area contributed by atoms with Crippen LogP contribution in [0.3, 0.4) is 0 Å². The van der Waals surface area contributed by atoms with E-state index in [1.165, 1.54) is 0 Å². The average Bonchev–Trinajstić information content (AvgIpc) is 3.27. The highest BCUT2D eigenvalue weighted by molar-refractivity contribution is 5.94. The van der Waals surface area contributed by atoms with E-state index >= 15 is 4.39 Å². The summed E-state index contributed by atoms with van der Waals surface area (Å²) in [7, 11) is 0. The first-order chi connectivity index (χ1) is 16.5. The van der Waals surface area contributed by atoms with E-state index in [9.17, 15) is 4.79 Å². The van der Waals surface area contributed by atoms with Crippen LogP contribution < -0.4 is 10.5 Å². The van der Waals surface area contributed by atoms with Crippen molar-refractivity contribution < 1.29 is 23.1 Å². The SMILES string of the molecule is CCOC(=O)Cc1ccccc1OCc1cc(-c2cccc(CN)c2F)c2oc(CC)cc2c1. The first-order valence-corrected chi connectivity index (χ1v) is 11.4. The Labute approximate surface area is 198 Å². The van der Waals surface area contributed by atoms with Crippen LogP contribution in [0.1, 0.15) is 36.3 Å². The zero-order valence-electron chi connectivity index (χ0n) is 19.4. The summed E-state index contributed by atoms with van der Waals surface area (Å²) in [6.45, 7) is 4.48. The van der Waals surface area contributed by atoms with Crippen LogP contribution in [0.25, 0.3) is 22.1 Å². The summed E-state index contributed by atoms with van der Waals surface area (Å²) < 4.78 is 32.4. The van der Waals surface area contributed by atoms with Gasteiger partial charge in [0.25, 0.3) is 0 Å². The molecule has 1 aromatic heterocycles.